The van der Waals surface area contributed by atoms with Crippen LogP contribution in [0.3, 0.4) is 0 Å². The summed E-state index contributed by atoms with van der Waals surface area (Å²) in [6, 6.07) is 0. The summed E-state index contributed by atoms with van der Waals surface area (Å²) in [5.41, 5.74) is 1.58. The molecule has 0 N–H and O–H groups in total. The van der Waals surface area contributed by atoms with Crippen LogP contribution < -0.4 is 0 Å². The average Bonchev–Trinajstić information content (AvgIpc) is 1.96. The van der Waals surface area contributed by atoms with Crippen LogP contribution in [0.15, 0.2) is 12.2 Å². The van der Waals surface area contributed by atoms with Crippen LogP contribution in [0, 0.1) is 17.8 Å². The molecule has 4 bridgehead atoms. The smallest absolute Gasteiger partial charge is 0.0272 e. The van der Waals surface area contributed by atoms with Crippen molar-refractivity contribution in [2.45, 2.75) is 36.4 Å². The summed E-state index contributed by atoms with van der Waals surface area (Å²) in [6.07, 6.45) is 7.08. The Morgan fingerprint density at radius 1 is 1.17 bits per heavy atom. The minimum Gasteiger partial charge on any atom is -0.0993 e. The van der Waals surface area contributed by atoms with Crippen LogP contribution in [0.5, 0.6) is 0 Å². The summed E-state index contributed by atoms with van der Waals surface area (Å²) in [6.45, 7) is 4.26. The first kappa shape index (κ1) is 7.61. The second-order valence-electron chi connectivity index (χ2n) is 5.07. The maximum atomic E-state index is 4.26. The van der Waals surface area contributed by atoms with E-state index in [4.69, 9.17) is 0 Å². The Hall–Kier alpha value is 0.220. The first-order chi connectivity index (χ1) is 5.66. The monoisotopic (exact) mass is 226 g/mol. The molecular weight excluding hydrogens is 212 g/mol. The Morgan fingerprint density at radius 3 is 2.25 bits per heavy atom. The maximum absolute atomic E-state index is 4.26. The quantitative estimate of drug-likeness (QED) is 0.438. The molecule has 4 fully saturated rings. The maximum Gasteiger partial charge on any atom is 0.0272 e. The van der Waals surface area contributed by atoms with Gasteiger partial charge in [-0.2, -0.15) is 0 Å². The van der Waals surface area contributed by atoms with Gasteiger partial charge in [-0.1, -0.05) is 28.1 Å². The Kier molecular flexibility index (Phi) is 1.38. The van der Waals surface area contributed by atoms with E-state index in [1.165, 1.54) is 32.1 Å². The third-order valence-corrected chi connectivity index (χ3v) is 5.13. The molecule has 0 aromatic rings. The number of rotatable bonds is 0. The summed E-state index contributed by atoms with van der Waals surface area (Å²) in [5.74, 6) is 2.76. The van der Waals surface area contributed by atoms with E-state index in [2.05, 4.69) is 22.5 Å². The lowest BCUT2D eigenvalue weighted by molar-refractivity contribution is 0.0949. The highest BCUT2D eigenvalue weighted by molar-refractivity contribution is 9.10. The number of halogens is 1. The van der Waals surface area contributed by atoms with Crippen LogP contribution in [-0.4, -0.2) is 4.32 Å². The number of hydrogen-bond donors (Lipinski definition) is 0. The van der Waals surface area contributed by atoms with Crippen molar-refractivity contribution >= 4 is 15.9 Å². The molecule has 4 aliphatic rings. The van der Waals surface area contributed by atoms with Gasteiger partial charge < -0.3 is 0 Å². The third kappa shape index (κ3) is 0.891. The van der Waals surface area contributed by atoms with Gasteiger partial charge in [0.25, 0.3) is 0 Å². The second kappa shape index (κ2) is 2.17. The zero-order chi connectivity index (χ0) is 8.34. The summed E-state index contributed by atoms with van der Waals surface area (Å²) >= 11 is 3.94. The first-order valence-corrected chi connectivity index (χ1v) is 5.83. The van der Waals surface area contributed by atoms with Gasteiger partial charge in [0, 0.05) is 4.32 Å². The van der Waals surface area contributed by atoms with Gasteiger partial charge >= 0.3 is 0 Å². The van der Waals surface area contributed by atoms with Gasteiger partial charge in [-0.25, -0.2) is 0 Å². The summed E-state index contributed by atoms with van der Waals surface area (Å²) < 4.78 is 0.532. The summed E-state index contributed by atoms with van der Waals surface area (Å²) in [7, 11) is 0. The fraction of sp³-hybridized carbons (Fsp3) is 0.818. The molecular formula is C11H15Br. The molecule has 0 heterocycles. The van der Waals surface area contributed by atoms with Gasteiger partial charge in [-0.05, 0) is 49.9 Å². The van der Waals surface area contributed by atoms with Crippen molar-refractivity contribution < 1.29 is 0 Å². The van der Waals surface area contributed by atoms with Gasteiger partial charge in [0.1, 0.15) is 0 Å². The zero-order valence-electron chi connectivity index (χ0n) is 7.35. The number of allylic oxidation sites excluding steroid dienone is 1. The Labute approximate surface area is 82.5 Å². The highest BCUT2D eigenvalue weighted by Gasteiger charge is 2.51. The van der Waals surface area contributed by atoms with Crippen molar-refractivity contribution in [1.82, 2.24) is 0 Å². The molecule has 0 amide bonds. The van der Waals surface area contributed by atoms with Crippen molar-refractivity contribution in [2.75, 3.05) is 0 Å². The van der Waals surface area contributed by atoms with Crippen molar-refractivity contribution in [3.05, 3.63) is 12.2 Å². The van der Waals surface area contributed by atoms with Crippen LogP contribution >= 0.6 is 15.9 Å². The lowest BCUT2D eigenvalue weighted by Gasteiger charge is -2.55. The molecule has 0 saturated heterocycles. The molecule has 0 radical (unpaired) electrons. The van der Waals surface area contributed by atoms with Gasteiger partial charge in [-0.15, -0.1) is 0 Å². The molecule has 4 rings (SSSR count). The molecule has 4 aliphatic carbocycles. The average molecular weight is 227 g/mol. The first-order valence-electron chi connectivity index (χ1n) is 5.04. The van der Waals surface area contributed by atoms with Crippen molar-refractivity contribution in [3.8, 4) is 0 Å². The van der Waals surface area contributed by atoms with Gasteiger partial charge in [0.15, 0.2) is 0 Å². The lowest BCUT2D eigenvalue weighted by Crippen LogP contribution is -2.47. The SMILES string of the molecule is C=C1[C@@H]2CC3C[C@H]1CC(Br)(C3)C2. The molecule has 2 unspecified atom stereocenters. The summed E-state index contributed by atoms with van der Waals surface area (Å²) in [5, 5.41) is 0. The van der Waals surface area contributed by atoms with E-state index >= 15 is 0 Å². The Morgan fingerprint density at radius 2 is 1.75 bits per heavy atom. The molecule has 0 aromatic carbocycles. The van der Waals surface area contributed by atoms with E-state index in [1.54, 1.807) is 5.57 Å². The van der Waals surface area contributed by atoms with Crippen molar-refractivity contribution in [3.63, 3.8) is 0 Å². The van der Waals surface area contributed by atoms with E-state index < -0.39 is 0 Å². The van der Waals surface area contributed by atoms with E-state index in [-0.39, 0.29) is 0 Å². The van der Waals surface area contributed by atoms with Crippen LogP contribution in [0.2, 0.25) is 0 Å². The lowest BCUT2D eigenvalue weighted by atomic mass is 9.54. The Balaban J connectivity index is 2.00. The second-order valence-corrected chi connectivity index (χ2v) is 6.75. The number of alkyl halides is 1. The van der Waals surface area contributed by atoms with Gasteiger partial charge in [0.05, 0.1) is 0 Å². The van der Waals surface area contributed by atoms with Crippen LogP contribution in [0.1, 0.15) is 32.1 Å². The minimum absolute atomic E-state index is 0.532. The fourth-order valence-corrected chi connectivity index (χ4v) is 5.02. The van der Waals surface area contributed by atoms with Crippen molar-refractivity contribution in [2.24, 2.45) is 17.8 Å². The van der Waals surface area contributed by atoms with E-state index in [9.17, 15) is 0 Å². The molecule has 1 heteroatoms. The van der Waals surface area contributed by atoms with Gasteiger partial charge in [-0.3, -0.25) is 0 Å². The minimum atomic E-state index is 0.532. The standard InChI is InChI=1S/C11H15Br/c1-7-9-2-8-3-10(7)6-11(12,4-8)5-9/h8-10H,1-6H2/t8?,9-,10+,11?. The summed E-state index contributed by atoms with van der Waals surface area (Å²) in [4.78, 5) is 0. The largest absolute Gasteiger partial charge is 0.0993 e. The molecule has 0 aromatic heterocycles. The molecule has 12 heavy (non-hydrogen) atoms. The normalized spacial score (nSPS) is 56.4. The fourth-order valence-electron chi connectivity index (χ4n) is 3.78. The highest BCUT2D eigenvalue weighted by Crippen LogP contribution is 2.60. The van der Waals surface area contributed by atoms with Crippen LogP contribution in [0.25, 0.3) is 0 Å². The van der Waals surface area contributed by atoms with Crippen LogP contribution in [0.4, 0.5) is 0 Å². The molecule has 4 saturated carbocycles. The topological polar surface area (TPSA) is 0 Å². The van der Waals surface area contributed by atoms with E-state index in [0.717, 1.165) is 17.8 Å². The van der Waals surface area contributed by atoms with Gasteiger partial charge in [0.2, 0.25) is 0 Å². The third-order valence-electron chi connectivity index (χ3n) is 4.16. The molecule has 0 spiro atoms. The van der Waals surface area contributed by atoms with E-state index in [1.807, 2.05) is 0 Å². The van der Waals surface area contributed by atoms with Crippen LogP contribution in [-0.2, 0) is 0 Å². The molecule has 4 atom stereocenters. The zero-order valence-corrected chi connectivity index (χ0v) is 8.94. The molecule has 0 nitrogen and oxygen atoms in total. The predicted octanol–water partition coefficient (Wildman–Crippen LogP) is 3.52. The molecule has 66 valence electrons. The molecule has 0 aliphatic heterocycles. The van der Waals surface area contributed by atoms with Crippen molar-refractivity contribution in [1.29, 1.82) is 0 Å². The Bertz CT molecular complexity index is 225. The predicted molar refractivity (Wildman–Crippen MR) is 54.4 cm³/mol. The highest BCUT2D eigenvalue weighted by atomic mass is 79.9. The number of hydrogen-bond acceptors (Lipinski definition) is 0. The van der Waals surface area contributed by atoms with E-state index in [0.29, 0.717) is 4.32 Å².